The fourth-order valence-corrected chi connectivity index (χ4v) is 7.44. The monoisotopic (exact) mass is 424 g/mol. The number of fused-ring (bicyclic) bond motifs is 5. The molecule has 4 nitrogen and oxygen atoms in total. The minimum atomic E-state index is -1.08. The largest absolute Gasteiger partial charge is 0.393 e. The highest BCUT2D eigenvalue weighted by atomic mass is 79.9. The summed E-state index contributed by atoms with van der Waals surface area (Å²) in [6, 6.07) is 0. The molecule has 0 bridgehead atoms. The van der Waals surface area contributed by atoms with Crippen molar-refractivity contribution >= 4 is 27.5 Å². The van der Waals surface area contributed by atoms with Crippen molar-refractivity contribution in [3.05, 3.63) is 11.6 Å². The van der Waals surface area contributed by atoms with E-state index in [1.54, 1.807) is 6.08 Å². The summed E-state index contributed by atoms with van der Waals surface area (Å²) in [4.78, 5) is 25.5. The van der Waals surface area contributed by atoms with E-state index in [-0.39, 0.29) is 40.8 Å². The summed E-state index contributed by atoms with van der Waals surface area (Å²) < 4.78 is 0. The number of hydrogen-bond donors (Lipinski definition) is 2. The summed E-state index contributed by atoms with van der Waals surface area (Å²) in [6.45, 7) is 4.18. The predicted octanol–water partition coefficient (Wildman–Crippen LogP) is 3.18. The van der Waals surface area contributed by atoms with E-state index in [1.165, 1.54) is 0 Å². The lowest BCUT2D eigenvalue weighted by Crippen LogP contribution is -2.59. The molecule has 0 saturated heterocycles. The third-order valence-electron chi connectivity index (χ3n) is 8.53. The normalized spacial score (nSPS) is 50.5. The van der Waals surface area contributed by atoms with Crippen LogP contribution in [0, 0.1) is 28.6 Å². The Labute approximate surface area is 163 Å². The maximum Gasteiger partial charge on any atom is 0.159 e. The van der Waals surface area contributed by atoms with E-state index < -0.39 is 11.0 Å². The smallest absolute Gasteiger partial charge is 0.159 e. The zero-order valence-electron chi connectivity index (χ0n) is 15.6. The van der Waals surface area contributed by atoms with Gasteiger partial charge in [0.25, 0.3) is 0 Å². The molecule has 0 aromatic heterocycles. The van der Waals surface area contributed by atoms with Crippen LogP contribution in [-0.4, -0.2) is 38.8 Å². The molecule has 0 aliphatic heterocycles. The number of ketones is 2. The van der Waals surface area contributed by atoms with Crippen molar-refractivity contribution in [2.75, 3.05) is 5.33 Å². The number of rotatable bonds is 2. The standard InChI is InChI=1S/C21H29BrO4/c1-19-10-12(23)3-4-14(19)17(24)9-16-13(19)5-7-20(2)15(18(25)11-22)6-8-21(16,20)26/h9,12-15,23,26H,3-8,10-11H2,1-2H3/t12?,13?,14?,15?,19?,20?,21-/m1/s1. The molecule has 0 spiro atoms. The van der Waals surface area contributed by atoms with Crippen LogP contribution in [0.25, 0.3) is 0 Å². The Morgan fingerprint density at radius 1 is 1.19 bits per heavy atom. The van der Waals surface area contributed by atoms with Crippen LogP contribution in [-0.2, 0) is 9.59 Å². The summed E-state index contributed by atoms with van der Waals surface area (Å²) in [5.41, 5.74) is -1.01. The highest BCUT2D eigenvalue weighted by molar-refractivity contribution is 9.09. The van der Waals surface area contributed by atoms with Crippen LogP contribution in [0.15, 0.2) is 11.6 Å². The number of carbonyl (C=O) groups is 2. The minimum Gasteiger partial charge on any atom is -0.393 e. The number of aliphatic hydroxyl groups excluding tert-OH is 1. The quantitative estimate of drug-likeness (QED) is 0.667. The van der Waals surface area contributed by atoms with Gasteiger partial charge >= 0.3 is 0 Å². The molecular formula is C21H29BrO4. The maximum absolute atomic E-state index is 13.0. The molecule has 0 amide bonds. The first-order chi connectivity index (χ1) is 12.2. The third kappa shape index (κ3) is 2.26. The number of carbonyl (C=O) groups excluding carboxylic acids is 2. The molecule has 0 aromatic carbocycles. The summed E-state index contributed by atoms with van der Waals surface area (Å²) in [5, 5.41) is 22.4. The van der Waals surface area contributed by atoms with Gasteiger partial charge in [-0.15, -0.1) is 0 Å². The van der Waals surface area contributed by atoms with Crippen LogP contribution >= 0.6 is 15.9 Å². The van der Waals surface area contributed by atoms with E-state index in [2.05, 4.69) is 22.9 Å². The minimum absolute atomic E-state index is 0.0472. The molecule has 0 aromatic rings. The summed E-state index contributed by atoms with van der Waals surface area (Å²) in [5.74, 6) is 0.178. The van der Waals surface area contributed by atoms with Gasteiger partial charge in [-0.1, -0.05) is 29.8 Å². The molecule has 3 saturated carbocycles. The van der Waals surface area contributed by atoms with Crippen LogP contribution in [0.2, 0.25) is 0 Å². The molecule has 4 aliphatic rings. The molecule has 0 radical (unpaired) electrons. The highest BCUT2D eigenvalue weighted by Crippen LogP contribution is 2.67. The molecule has 144 valence electrons. The molecule has 6 unspecified atom stereocenters. The number of hydrogen-bond acceptors (Lipinski definition) is 4. The lowest BCUT2D eigenvalue weighted by molar-refractivity contribution is -0.143. The fourth-order valence-electron chi connectivity index (χ4n) is 7.05. The average Bonchev–Trinajstić information content (AvgIpc) is 2.86. The van der Waals surface area contributed by atoms with Crippen molar-refractivity contribution in [2.45, 2.75) is 70.5 Å². The van der Waals surface area contributed by atoms with Gasteiger partial charge in [-0.05, 0) is 67.9 Å². The Bertz CT molecular complexity index is 687. The van der Waals surface area contributed by atoms with Gasteiger partial charge in [0.1, 0.15) is 5.78 Å². The van der Waals surface area contributed by atoms with Crippen molar-refractivity contribution < 1.29 is 19.8 Å². The fraction of sp³-hybridized carbons (Fsp3) is 0.810. The van der Waals surface area contributed by atoms with Crippen LogP contribution in [0.4, 0.5) is 0 Å². The molecular weight excluding hydrogens is 396 g/mol. The molecule has 26 heavy (non-hydrogen) atoms. The van der Waals surface area contributed by atoms with Crippen molar-refractivity contribution in [3.63, 3.8) is 0 Å². The van der Waals surface area contributed by atoms with Gasteiger partial charge in [0.15, 0.2) is 5.78 Å². The van der Waals surface area contributed by atoms with Crippen molar-refractivity contribution in [1.82, 2.24) is 0 Å². The summed E-state index contributed by atoms with van der Waals surface area (Å²) in [7, 11) is 0. The van der Waals surface area contributed by atoms with Crippen LogP contribution in [0.1, 0.15) is 58.8 Å². The van der Waals surface area contributed by atoms with E-state index in [1.807, 2.05) is 6.92 Å². The molecule has 2 N–H and O–H groups in total. The Morgan fingerprint density at radius 3 is 2.62 bits per heavy atom. The van der Waals surface area contributed by atoms with Crippen LogP contribution in [0.3, 0.4) is 0 Å². The van der Waals surface area contributed by atoms with Gasteiger partial charge < -0.3 is 10.2 Å². The van der Waals surface area contributed by atoms with Gasteiger partial charge in [-0.3, -0.25) is 9.59 Å². The highest BCUT2D eigenvalue weighted by Gasteiger charge is 2.66. The second-order valence-corrected chi connectivity index (χ2v) is 10.1. The number of allylic oxidation sites excluding steroid dienone is 1. The van der Waals surface area contributed by atoms with Gasteiger partial charge in [-0.2, -0.15) is 0 Å². The first kappa shape index (κ1) is 18.8. The zero-order valence-corrected chi connectivity index (χ0v) is 17.2. The molecule has 4 aliphatic carbocycles. The summed E-state index contributed by atoms with van der Waals surface area (Å²) in [6.07, 6.45) is 6.31. The molecule has 0 heterocycles. The second kappa shape index (κ2) is 5.99. The molecule has 4 rings (SSSR count). The third-order valence-corrected chi connectivity index (χ3v) is 9.08. The SMILES string of the molecule is CC12CC(O)CCC1C(=O)C=C1C2CCC2(C)C(C(=O)CBr)CC[C@@]12O. The van der Waals surface area contributed by atoms with Gasteiger partial charge in [-0.25, -0.2) is 0 Å². The Balaban J connectivity index is 1.78. The first-order valence-corrected chi connectivity index (χ1v) is 11.0. The Morgan fingerprint density at radius 2 is 1.92 bits per heavy atom. The lowest BCUT2D eigenvalue weighted by Gasteiger charge is -2.59. The number of aliphatic hydroxyl groups is 2. The lowest BCUT2D eigenvalue weighted by atomic mass is 9.46. The van der Waals surface area contributed by atoms with Crippen molar-refractivity contribution in [1.29, 1.82) is 0 Å². The van der Waals surface area contributed by atoms with E-state index in [0.717, 1.165) is 24.8 Å². The maximum atomic E-state index is 13.0. The van der Waals surface area contributed by atoms with Crippen LogP contribution < -0.4 is 0 Å². The molecule has 3 fully saturated rings. The number of halogens is 1. The van der Waals surface area contributed by atoms with E-state index in [0.29, 0.717) is 31.0 Å². The average molecular weight is 425 g/mol. The van der Waals surface area contributed by atoms with Crippen LogP contribution in [0.5, 0.6) is 0 Å². The topological polar surface area (TPSA) is 74.6 Å². The van der Waals surface area contributed by atoms with Gasteiger partial charge in [0, 0.05) is 17.3 Å². The Hall–Kier alpha value is -0.520. The Kier molecular flexibility index (Phi) is 4.33. The number of alkyl halides is 1. The van der Waals surface area contributed by atoms with Crippen molar-refractivity contribution in [3.8, 4) is 0 Å². The van der Waals surface area contributed by atoms with E-state index in [4.69, 9.17) is 0 Å². The second-order valence-electron chi connectivity index (χ2n) is 9.56. The zero-order chi connectivity index (χ0) is 18.9. The van der Waals surface area contributed by atoms with E-state index >= 15 is 0 Å². The van der Waals surface area contributed by atoms with Gasteiger partial charge in [0.05, 0.1) is 17.0 Å². The van der Waals surface area contributed by atoms with Gasteiger partial charge in [0.2, 0.25) is 0 Å². The molecule has 5 heteroatoms. The number of Topliss-reactive ketones (excluding diaryl/α,β-unsaturated/α-hetero) is 1. The summed E-state index contributed by atoms with van der Waals surface area (Å²) >= 11 is 3.29. The van der Waals surface area contributed by atoms with E-state index in [9.17, 15) is 19.8 Å². The van der Waals surface area contributed by atoms with Crippen molar-refractivity contribution in [2.24, 2.45) is 28.6 Å². The predicted molar refractivity (Wildman–Crippen MR) is 102 cm³/mol. The first-order valence-electron chi connectivity index (χ1n) is 9.92. The molecule has 7 atom stereocenters.